The van der Waals surface area contributed by atoms with Crippen LogP contribution in [0.25, 0.3) is 10.9 Å². The summed E-state index contributed by atoms with van der Waals surface area (Å²) in [6, 6.07) is 9.79. The topological polar surface area (TPSA) is 55.1 Å². The van der Waals surface area contributed by atoms with Crippen LogP contribution >= 0.6 is 0 Å². The molecule has 0 N–H and O–H groups in total. The number of nitriles is 1. The van der Waals surface area contributed by atoms with Crippen molar-refractivity contribution in [1.29, 1.82) is 5.26 Å². The van der Waals surface area contributed by atoms with Crippen molar-refractivity contribution in [2.24, 2.45) is 0 Å². The number of hydrogen-bond donors (Lipinski definition) is 0. The average molecular weight is 242 g/mol. The summed E-state index contributed by atoms with van der Waals surface area (Å²) in [6.45, 7) is 0. The molecule has 18 heavy (non-hydrogen) atoms. The lowest BCUT2D eigenvalue weighted by atomic mass is 10.1. The van der Waals surface area contributed by atoms with Crippen molar-refractivity contribution in [1.82, 2.24) is 4.98 Å². The minimum Gasteiger partial charge on any atom is -0.493 e. The summed E-state index contributed by atoms with van der Waals surface area (Å²) in [6.07, 6.45) is 1.15. The van der Waals surface area contributed by atoms with E-state index in [4.69, 9.17) is 14.7 Å². The van der Waals surface area contributed by atoms with Crippen molar-refractivity contribution in [3.05, 3.63) is 30.0 Å². The number of aromatic nitrogens is 1. The SMILES string of the molecule is COc1cc2ccc(CCC#N)nc2cc1OC. The molecular formula is C14H14N2O2. The van der Waals surface area contributed by atoms with E-state index in [1.165, 1.54) is 0 Å². The molecule has 0 aliphatic carbocycles. The number of methoxy groups -OCH3 is 2. The van der Waals surface area contributed by atoms with Gasteiger partial charge >= 0.3 is 0 Å². The summed E-state index contributed by atoms with van der Waals surface area (Å²) in [4.78, 5) is 4.51. The molecule has 0 aliphatic heterocycles. The monoisotopic (exact) mass is 242 g/mol. The van der Waals surface area contributed by atoms with Gasteiger partial charge in [0.25, 0.3) is 0 Å². The number of rotatable bonds is 4. The van der Waals surface area contributed by atoms with E-state index < -0.39 is 0 Å². The fourth-order valence-electron chi connectivity index (χ4n) is 1.82. The van der Waals surface area contributed by atoms with Gasteiger partial charge in [-0.3, -0.25) is 4.98 Å². The van der Waals surface area contributed by atoms with Crippen LogP contribution in [-0.4, -0.2) is 19.2 Å². The zero-order chi connectivity index (χ0) is 13.0. The highest BCUT2D eigenvalue weighted by atomic mass is 16.5. The highest BCUT2D eigenvalue weighted by Crippen LogP contribution is 2.31. The van der Waals surface area contributed by atoms with Gasteiger partial charge < -0.3 is 9.47 Å². The molecule has 2 aromatic rings. The second-order valence-electron chi connectivity index (χ2n) is 3.86. The van der Waals surface area contributed by atoms with Crippen LogP contribution in [0.5, 0.6) is 11.5 Å². The maximum atomic E-state index is 8.58. The van der Waals surface area contributed by atoms with Crippen LogP contribution in [0.1, 0.15) is 12.1 Å². The molecule has 4 nitrogen and oxygen atoms in total. The molecule has 1 aromatic heterocycles. The molecule has 1 aromatic carbocycles. The minimum absolute atomic E-state index is 0.478. The predicted molar refractivity (Wildman–Crippen MR) is 68.8 cm³/mol. The van der Waals surface area contributed by atoms with Crippen LogP contribution in [0.3, 0.4) is 0 Å². The lowest BCUT2D eigenvalue weighted by Crippen LogP contribution is -1.94. The molecule has 0 unspecified atom stereocenters. The first-order valence-corrected chi connectivity index (χ1v) is 5.67. The molecule has 0 atom stereocenters. The van der Waals surface area contributed by atoms with Gasteiger partial charge in [0.1, 0.15) is 0 Å². The van der Waals surface area contributed by atoms with E-state index in [1.807, 2.05) is 24.3 Å². The molecule has 1 heterocycles. The minimum atomic E-state index is 0.478. The normalized spacial score (nSPS) is 10.1. The quantitative estimate of drug-likeness (QED) is 0.827. The zero-order valence-corrected chi connectivity index (χ0v) is 10.4. The van der Waals surface area contributed by atoms with Gasteiger partial charge in [0.05, 0.1) is 25.8 Å². The highest BCUT2D eigenvalue weighted by molar-refractivity contribution is 5.82. The van der Waals surface area contributed by atoms with Crippen LogP contribution in [0.4, 0.5) is 0 Å². The summed E-state index contributed by atoms with van der Waals surface area (Å²) in [7, 11) is 3.21. The van der Waals surface area contributed by atoms with E-state index >= 15 is 0 Å². The Bertz CT molecular complexity index is 603. The van der Waals surface area contributed by atoms with Crippen molar-refractivity contribution in [2.45, 2.75) is 12.8 Å². The molecule has 2 rings (SSSR count). The van der Waals surface area contributed by atoms with E-state index in [0.29, 0.717) is 24.3 Å². The zero-order valence-electron chi connectivity index (χ0n) is 10.4. The highest BCUT2D eigenvalue weighted by Gasteiger charge is 2.07. The Morgan fingerprint density at radius 2 is 1.89 bits per heavy atom. The van der Waals surface area contributed by atoms with Gasteiger partial charge in [-0.25, -0.2) is 0 Å². The van der Waals surface area contributed by atoms with Crippen molar-refractivity contribution in [3.8, 4) is 17.6 Å². The molecule has 0 saturated heterocycles. The van der Waals surface area contributed by atoms with Crippen molar-refractivity contribution < 1.29 is 9.47 Å². The van der Waals surface area contributed by atoms with Gasteiger partial charge in [-0.15, -0.1) is 0 Å². The summed E-state index contributed by atoms with van der Waals surface area (Å²) < 4.78 is 10.5. The largest absolute Gasteiger partial charge is 0.493 e. The first kappa shape index (κ1) is 12.2. The molecule has 0 bridgehead atoms. The number of nitrogens with zero attached hydrogens (tertiary/aromatic N) is 2. The van der Waals surface area contributed by atoms with Gasteiger partial charge in [-0.05, 0) is 12.1 Å². The first-order chi connectivity index (χ1) is 8.78. The third-order valence-electron chi connectivity index (χ3n) is 2.75. The molecule has 0 aliphatic rings. The van der Waals surface area contributed by atoms with Crippen LogP contribution < -0.4 is 9.47 Å². The fraction of sp³-hybridized carbons (Fsp3) is 0.286. The Kier molecular flexibility index (Phi) is 3.63. The molecule has 4 heteroatoms. The molecule has 0 saturated carbocycles. The maximum Gasteiger partial charge on any atom is 0.162 e. The number of benzene rings is 1. The fourth-order valence-corrected chi connectivity index (χ4v) is 1.82. The van der Waals surface area contributed by atoms with E-state index in [0.717, 1.165) is 16.6 Å². The first-order valence-electron chi connectivity index (χ1n) is 5.67. The second kappa shape index (κ2) is 5.37. The van der Waals surface area contributed by atoms with Gasteiger partial charge in [-0.1, -0.05) is 6.07 Å². The summed E-state index contributed by atoms with van der Waals surface area (Å²) in [5.74, 6) is 1.35. The third-order valence-corrected chi connectivity index (χ3v) is 2.75. The summed E-state index contributed by atoms with van der Waals surface area (Å²) in [5.41, 5.74) is 1.76. The molecule has 0 radical (unpaired) electrons. The molecule has 0 fully saturated rings. The Balaban J connectivity index is 2.46. The van der Waals surface area contributed by atoms with E-state index in [1.54, 1.807) is 14.2 Å². The van der Waals surface area contributed by atoms with Crippen LogP contribution in [-0.2, 0) is 6.42 Å². The van der Waals surface area contributed by atoms with Crippen molar-refractivity contribution >= 4 is 10.9 Å². The van der Waals surface area contributed by atoms with Gasteiger partial charge in [0, 0.05) is 30.0 Å². The molecular weight excluding hydrogens is 228 g/mol. The Hall–Kier alpha value is -2.28. The van der Waals surface area contributed by atoms with Crippen molar-refractivity contribution in [3.63, 3.8) is 0 Å². The number of aryl methyl sites for hydroxylation is 1. The van der Waals surface area contributed by atoms with Gasteiger partial charge in [0.15, 0.2) is 11.5 Å². The maximum absolute atomic E-state index is 8.58. The van der Waals surface area contributed by atoms with Crippen molar-refractivity contribution in [2.75, 3.05) is 14.2 Å². The van der Waals surface area contributed by atoms with Gasteiger partial charge in [-0.2, -0.15) is 5.26 Å². The van der Waals surface area contributed by atoms with E-state index in [9.17, 15) is 0 Å². The van der Waals surface area contributed by atoms with Crippen LogP contribution in [0.2, 0.25) is 0 Å². The average Bonchev–Trinajstić information content (AvgIpc) is 2.43. The van der Waals surface area contributed by atoms with E-state index in [2.05, 4.69) is 11.1 Å². The lowest BCUT2D eigenvalue weighted by Gasteiger charge is -2.09. The standard InChI is InChI=1S/C14H14N2O2/c1-17-13-8-10-5-6-11(4-3-7-15)16-12(10)9-14(13)18-2/h5-6,8-9H,3-4H2,1-2H3. The number of ether oxygens (including phenoxy) is 2. The molecule has 0 amide bonds. The summed E-state index contributed by atoms with van der Waals surface area (Å²) in [5, 5.41) is 9.57. The van der Waals surface area contributed by atoms with Gasteiger partial charge in [0.2, 0.25) is 0 Å². The lowest BCUT2D eigenvalue weighted by molar-refractivity contribution is 0.356. The Morgan fingerprint density at radius 3 is 2.56 bits per heavy atom. The molecule has 0 spiro atoms. The molecule has 92 valence electrons. The number of fused-ring (bicyclic) bond motifs is 1. The second-order valence-corrected chi connectivity index (χ2v) is 3.86. The Morgan fingerprint density at radius 1 is 1.17 bits per heavy atom. The summed E-state index contributed by atoms with van der Waals surface area (Å²) >= 11 is 0. The number of pyridine rings is 1. The third kappa shape index (κ3) is 2.35. The van der Waals surface area contributed by atoms with E-state index in [-0.39, 0.29) is 0 Å². The van der Waals surface area contributed by atoms with Crippen LogP contribution in [0.15, 0.2) is 24.3 Å². The number of hydrogen-bond acceptors (Lipinski definition) is 4. The smallest absolute Gasteiger partial charge is 0.162 e. The Labute approximate surface area is 106 Å². The predicted octanol–water partition coefficient (Wildman–Crippen LogP) is 2.71. The van der Waals surface area contributed by atoms with Crippen LogP contribution in [0, 0.1) is 11.3 Å².